The van der Waals surface area contributed by atoms with Crippen molar-refractivity contribution in [3.8, 4) is 5.75 Å². The van der Waals surface area contributed by atoms with Gasteiger partial charge in [0.05, 0.1) is 49.9 Å². The minimum atomic E-state index is -5.19. The summed E-state index contributed by atoms with van der Waals surface area (Å²) in [6.07, 6.45) is 4.88. The number of amides is 1. The molecule has 1 spiro atoms. The van der Waals surface area contributed by atoms with E-state index in [-0.39, 0.29) is 17.4 Å². The molecule has 2 heterocycles. The van der Waals surface area contributed by atoms with Crippen LogP contribution in [0.2, 0.25) is 5.02 Å². The number of anilines is 1. The Hall–Kier alpha value is -3.33. The number of carboxylic acid groups (broad SMARTS) is 1. The number of nitrogens with one attached hydrogen (secondary N) is 1. The first kappa shape index (κ1) is 44.8. The number of rotatable bonds is 7. The van der Waals surface area contributed by atoms with Gasteiger partial charge in [0.1, 0.15) is 18.3 Å². The number of likely N-dealkylation sites (N-methyl/N-ethyl adjacent to an activating group) is 1. The van der Waals surface area contributed by atoms with E-state index in [0.717, 1.165) is 92.3 Å². The smallest absolute Gasteiger partial charge is 0.430 e. The summed E-state index contributed by atoms with van der Waals surface area (Å²) in [4.78, 5) is 24.8. The number of nitrogens with zero attached hydrogens (tertiary/aromatic N) is 2. The number of benzene rings is 2. The van der Waals surface area contributed by atoms with E-state index in [0.29, 0.717) is 37.0 Å². The summed E-state index contributed by atoms with van der Waals surface area (Å²) in [5, 5.41) is 8.78. The highest BCUT2D eigenvalue weighted by atomic mass is 35.5. The fourth-order valence-corrected chi connectivity index (χ4v) is 10.3. The largest absolute Gasteiger partial charge is 0.542 e. The van der Waals surface area contributed by atoms with Gasteiger partial charge in [0.15, 0.2) is 0 Å². The van der Waals surface area contributed by atoms with Crippen LogP contribution in [-0.2, 0) is 31.4 Å². The maximum Gasteiger partial charge on any atom is 0.430 e. The van der Waals surface area contributed by atoms with Crippen LogP contribution in [0.15, 0.2) is 48.6 Å². The number of fused-ring (bicyclic) bond motifs is 4. The van der Waals surface area contributed by atoms with Crippen LogP contribution in [0.5, 0.6) is 5.75 Å². The Morgan fingerprint density at radius 1 is 1.11 bits per heavy atom. The van der Waals surface area contributed by atoms with Crippen molar-refractivity contribution in [2.45, 2.75) is 96.1 Å². The number of aryl methyl sites for hydroxylation is 1. The molecule has 2 aromatic rings. The lowest BCUT2D eigenvalue weighted by Gasteiger charge is -2.46. The molecule has 2 aliphatic carbocycles. The number of alkyl halides is 3. The maximum absolute atomic E-state index is 13.6. The van der Waals surface area contributed by atoms with Crippen molar-refractivity contribution in [1.82, 2.24) is 4.72 Å². The van der Waals surface area contributed by atoms with Crippen LogP contribution in [0.3, 0.4) is 0 Å². The molecule has 15 heteroatoms. The molecule has 316 valence electrons. The predicted molar refractivity (Wildman–Crippen MR) is 213 cm³/mol. The van der Waals surface area contributed by atoms with Gasteiger partial charge in [-0.05, 0) is 125 Å². The number of ether oxygens (including phenoxy) is 2. The van der Waals surface area contributed by atoms with Crippen LogP contribution in [0.4, 0.5) is 18.9 Å². The minimum Gasteiger partial charge on any atom is -0.542 e. The number of carboxylic acids is 1. The number of sulfonamides is 1. The minimum absolute atomic E-state index is 0.0477. The highest BCUT2D eigenvalue weighted by molar-refractivity contribution is 7.90. The Labute approximate surface area is 340 Å². The van der Waals surface area contributed by atoms with Gasteiger partial charge in [0, 0.05) is 29.1 Å². The van der Waals surface area contributed by atoms with Crippen LogP contribution < -0.4 is 19.5 Å². The third-order valence-electron chi connectivity index (χ3n) is 13.1. The first-order valence-electron chi connectivity index (χ1n) is 20.2. The van der Waals surface area contributed by atoms with Crippen LogP contribution in [0.25, 0.3) is 0 Å². The Kier molecular flexibility index (Phi) is 14.4. The van der Waals surface area contributed by atoms with Crippen molar-refractivity contribution < 1.29 is 50.2 Å². The highest BCUT2D eigenvalue weighted by Gasteiger charge is 2.45. The van der Waals surface area contributed by atoms with Crippen molar-refractivity contribution in [3.63, 3.8) is 0 Å². The van der Waals surface area contributed by atoms with Crippen LogP contribution in [-0.4, -0.2) is 94.8 Å². The van der Waals surface area contributed by atoms with E-state index in [1.165, 1.54) is 11.1 Å². The molecule has 0 radical (unpaired) electrons. The number of halogens is 4. The highest BCUT2D eigenvalue weighted by Crippen LogP contribution is 2.47. The lowest BCUT2D eigenvalue weighted by molar-refractivity contribution is -0.923. The molecule has 1 amide bonds. The molecule has 2 aromatic carbocycles. The van der Waals surface area contributed by atoms with Crippen LogP contribution >= 0.6 is 11.6 Å². The molecule has 0 unspecified atom stereocenters. The van der Waals surface area contributed by atoms with Gasteiger partial charge >= 0.3 is 6.18 Å². The second-order valence-electron chi connectivity index (χ2n) is 16.2. The molecule has 1 N–H and O–H groups in total. The van der Waals surface area contributed by atoms with Gasteiger partial charge in [-0.15, -0.1) is 0 Å². The number of quaternary nitrogens is 1. The Morgan fingerprint density at radius 3 is 2.44 bits per heavy atom. The number of carbonyl (C=O) groups excluding carboxylic acids is 2. The first-order chi connectivity index (χ1) is 26.9. The van der Waals surface area contributed by atoms with Crippen molar-refractivity contribution in [2.24, 2.45) is 17.8 Å². The van der Waals surface area contributed by atoms with Gasteiger partial charge in [0.2, 0.25) is 10.0 Å². The molecule has 6 rings (SSSR count). The first-order valence-corrected chi connectivity index (χ1v) is 22.1. The second kappa shape index (κ2) is 18.3. The van der Waals surface area contributed by atoms with E-state index < -0.39 is 33.3 Å². The molecule has 4 aliphatic rings. The topological polar surface area (TPSA) is 125 Å². The fourth-order valence-electron chi connectivity index (χ4n) is 8.85. The standard InChI is InChI=1S/C40H56ClN3O5S.C2HF3O2/c1-6-44(7-2,8-3)21-22-48-37-13-9-11-28(4)29(5)50(46,47)42-39(45)31-15-19-38-36(24-31)43(25-32-14-17-34(32)37)26-40(27-49-38)20-10-12-30-23-33(41)16-18-35(30)40;3-2(4,5)1(6)7/h9,13,15-16,18-19,23-24,28-29,32,34,37H,6-8,10-12,14,17,20-22,25-27H2,1-5H3;(H,6,7)/b13-9-;/t28-,29+,32-,34+,37-,40-;/m0./s1. The zero-order chi connectivity index (χ0) is 41.8. The van der Waals surface area contributed by atoms with Gasteiger partial charge in [-0.3, -0.25) is 4.79 Å². The van der Waals surface area contributed by atoms with E-state index in [1.807, 2.05) is 25.1 Å². The molecule has 1 saturated carbocycles. The van der Waals surface area contributed by atoms with E-state index in [2.05, 4.69) is 54.7 Å². The van der Waals surface area contributed by atoms with E-state index >= 15 is 0 Å². The lowest BCUT2D eigenvalue weighted by Crippen LogP contribution is -2.51. The molecule has 6 atom stereocenters. The van der Waals surface area contributed by atoms with E-state index in [4.69, 9.17) is 31.0 Å². The third kappa shape index (κ3) is 10.3. The predicted octanol–water partition coefficient (Wildman–Crippen LogP) is 6.44. The zero-order valence-corrected chi connectivity index (χ0v) is 35.1. The number of hydrogen-bond donors (Lipinski definition) is 1. The summed E-state index contributed by atoms with van der Waals surface area (Å²) >= 11 is 6.47. The second-order valence-corrected chi connectivity index (χ2v) is 18.7. The van der Waals surface area contributed by atoms with Crippen molar-refractivity contribution in [3.05, 3.63) is 70.3 Å². The quantitative estimate of drug-likeness (QED) is 0.250. The molecule has 57 heavy (non-hydrogen) atoms. The lowest BCUT2D eigenvalue weighted by atomic mass is 9.68. The zero-order valence-electron chi connectivity index (χ0n) is 33.6. The third-order valence-corrected chi connectivity index (χ3v) is 15.3. The molecular formula is C42H57ClF3N3O7S. The average molecular weight is 840 g/mol. The van der Waals surface area contributed by atoms with Gasteiger partial charge in [-0.2, -0.15) is 13.2 Å². The van der Waals surface area contributed by atoms with E-state index in [1.54, 1.807) is 13.0 Å². The molecule has 2 bridgehead atoms. The van der Waals surface area contributed by atoms with Gasteiger partial charge in [-0.25, -0.2) is 13.1 Å². The normalized spacial score (nSPS) is 27.9. The number of carbonyl (C=O) groups is 2. The van der Waals surface area contributed by atoms with E-state index in [9.17, 15) is 26.4 Å². The van der Waals surface area contributed by atoms with Crippen molar-refractivity contribution in [1.29, 1.82) is 0 Å². The molecule has 0 aromatic heterocycles. The summed E-state index contributed by atoms with van der Waals surface area (Å²) in [5.41, 5.74) is 3.49. The van der Waals surface area contributed by atoms with Crippen LogP contribution in [0.1, 0.15) is 88.2 Å². The Balaban J connectivity index is 0.000000811. The Bertz CT molecular complexity index is 1880. The summed E-state index contributed by atoms with van der Waals surface area (Å²) in [6.45, 7) is 17.4. The average Bonchev–Trinajstić information content (AvgIpc) is 3.30. The maximum atomic E-state index is 13.6. The summed E-state index contributed by atoms with van der Waals surface area (Å²) in [5.74, 6) is -2.34. The molecule has 2 aliphatic heterocycles. The number of hydrogen-bond acceptors (Lipinski definition) is 8. The summed E-state index contributed by atoms with van der Waals surface area (Å²) < 4.78 is 75.4. The molecule has 1 fully saturated rings. The summed E-state index contributed by atoms with van der Waals surface area (Å²) in [6, 6.07) is 11.6. The molecule has 10 nitrogen and oxygen atoms in total. The SMILES string of the molecule is CC[N+](CC)(CC)CCO[C@H]1/C=C\C[C@H](C)[C@@H](C)S(=O)(=O)NC(=O)c2ccc3c(c2)N(C[C@@H]2CC[C@H]21)C[C@@]1(CCCc2cc(Cl)ccc21)CO3.O=C([O-])C(F)(F)F. The van der Waals surface area contributed by atoms with Crippen LogP contribution in [0, 0.1) is 17.8 Å². The van der Waals surface area contributed by atoms with Crippen molar-refractivity contribution >= 4 is 39.2 Å². The van der Waals surface area contributed by atoms with Gasteiger partial charge in [-0.1, -0.05) is 36.7 Å². The molecular weight excluding hydrogens is 783 g/mol. The van der Waals surface area contributed by atoms with Gasteiger partial charge in [0.25, 0.3) is 5.91 Å². The summed E-state index contributed by atoms with van der Waals surface area (Å²) in [7, 11) is -3.92. The fraction of sp³-hybridized carbons (Fsp3) is 0.619. The van der Waals surface area contributed by atoms with Gasteiger partial charge < -0.3 is 28.8 Å². The van der Waals surface area contributed by atoms with Crippen molar-refractivity contribution in [2.75, 3.05) is 57.4 Å². The monoisotopic (exact) mass is 839 g/mol. The number of allylic oxidation sites excluding steroid dienone is 1. The number of aliphatic carboxylic acids is 1. The molecule has 0 saturated heterocycles. The Morgan fingerprint density at radius 2 is 1.81 bits per heavy atom.